The summed E-state index contributed by atoms with van der Waals surface area (Å²) in [7, 11) is 0. The number of rotatable bonds is 1. The predicted molar refractivity (Wildman–Crippen MR) is 77.2 cm³/mol. The first-order chi connectivity index (χ1) is 9.79. The van der Waals surface area contributed by atoms with E-state index in [-0.39, 0.29) is 0 Å². The lowest BCUT2D eigenvalue weighted by Gasteiger charge is -2.09. The molecule has 0 unspecified atom stereocenters. The fourth-order valence-electron chi connectivity index (χ4n) is 2.57. The Morgan fingerprint density at radius 1 is 1.25 bits per heavy atom. The van der Waals surface area contributed by atoms with Gasteiger partial charge in [-0.15, -0.1) is 0 Å². The summed E-state index contributed by atoms with van der Waals surface area (Å²) in [5.74, 6) is 1.05. The predicted octanol–water partition coefficient (Wildman–Crippen LogP) is 2.66. The monoisotopic (exact) mass is 268 g/mol. The first kappa shape index (κ1) is 12.7. The van der Waals surface area contributed by atoms with Crippen molar-refractivity contribution in [3.05, 3.63) is 41.7 Å². The van der Waals surface area contributed by atoms with Crippen LogP contribution in [0, 0.1) is 0 Å². The van der Waals surface area contributed by atoms with Crippen LogP contribution >= 0.6 is 0 Å². The lowest BCUT2D eigenvalue weighted by molar-refractivity contribution is 0.234. The molecule has 0 spiro atoms. The SMILES string of the molecule is CC(=Nc1ncnc2c1CCCc1ccccc1-2)NO. The second-order valence-corrected chi connectivity index (χ2v) is 4.84. The van der Waals surface area contributed by atoms with Gasteiger partial charge in [-0.1, -0.05) is 24.3 Å². The first-order valence-electron chi connectivity index (χ1n) is 6.67. The minimum Gasteiger partial charge on any atom is -0.290 e. The molecule has 0 amide bonds. The minimum atomic E-state index is 0.420. The summed E-state index contributed by atoms with van der Waals surface area (Å²) in [4.78, 5) is 13.0. The Morgan fingerprint density at radius 2 is 2.10 bits per heavy atom. The van der Waals surface area contributed by atoms with E-state index in [9.17, 15) is 0 Å². The number of nitrogens with zero attached hydrogens (tertiary/aromatic N) is 3. The average Bonchev–Trinajstić information content (AvgIpc) is 2.67. The zero-order chi connectivity index (χ0) is 13.9. The van der Waals surface area contributed by atoms with Crippen LogP contribution in [-0.2, 0) is 12.8 Å². The van der Waals surface area contributed by atoms with Gasteiger partial charge in [-0.25, -0.2) is 15.0 Å². The summed E-state index contributed by atoms with van der Waals surface area (Å²) in [5, 5.41) is 8.89. The molecule has 1 aromatic carbocycles. The van der Waals surface area contributed by atoms with E-state index in [1.54, 1.807) is 6.92 Å². The number of benzene rings is 1. The second-order valence-electron chi connectivity index (χ2n) is 4.84. The van der Waals surface area contributed by atoms with Gasteiger partial charge in [-0.3, -0.25) is 10.7 Å². The van der Waals surface area contributed by atoms with Crippen molar-refractivity contribution in [2.75, 3.05) is 0 Å². The molecule has 1 aliphatic carbocycles. The van der Waals surface area contributed by atoms with Crippen LogP contribution in [0.25, 0.3) is 11.3 Å². The van der Waals surface area contributed by atoms with Crippen LogP contribution in [0.3, 0.4) is 0 Å². The van der Waals surface area contributed by atoms with Gasteiger partial charge in [-0.2, -0.15) is 0 Å². The molecule has 5 heteroatoms. The Balaban J connectivity index is 2.18. The Morgan fingerprint density at radius 3 is 2.95 bits per heavy atom. The molecule has 102 valence electrons. The zero-order valence-corrected chi connectivity index (χ0v) is 11.3. The molecule has 20 heavy (non-hydrogen) atoms. The normalized spacial score (nSPS) is 14.2. The average molecular weight is 268 g/mol. The molecule has 5 nitrogen and oxygen atoms in total. The van der Waals surface area contributed by atoms with Gasteiger partial charge in [0.1, 0.15) is 12.2 Å². The summed E-state index contributed by atoms with van der Waals surface area (Å²) in [6.45, 7) is 1.69. The molecule has 3 rings (SSSR count). The third-order valence-corrected chi connectivity index (χ3v) is 3.50. The molecule has 0 atom stereocenters. The van der Waals surface area contributed by atoms with Crippen molar-refractivity contribution in [3.63, 3.8) is 0 Å². The summed E-state index contributed by atoms with van der Waals surface area (Å²) in [5.41, 5.74) is 6.53. The minimum absolute atomic E-state index is 0.420. The number of aromatic nitrogens is 2. The van der Waals surface area contributed by atoms with Gasteiger partial charge >= 0.3 is 0 Å². The first-order valence-corrected chi connectivity index (χ1v) is 6.67. The van der Waals surface area contributed by atoms with Crippen LogP contribution < -0.4 is 5.48 Å². The Kier molecular flexibility index (Phi) is 3.43. The van der Waals surface area contributed by atoms with Crippen LogP contribution in [0.1, 0.15) is 24.5 Å². The maximum absolute atomic E-state index is 8.89. The highest BCUT2D eigenvalue weighted by Crippen LogP contribution is 2.34. The summed E-state index contributed by atoms with van der Waals surface area (Å²) < 4.78 is 0. The van der Waals surface area contributed by atoms with Crippen molar-refractivity contribution < 1.29 is 5.21 Å². The van der Waals surface area contributed by atoms with E-state index in [1.807, 2.05) is 11.5 Å². The molecule has 0 saturated heterocycles. The molecule has 0 saturated carbocycles. The van der Waals surface area contributed by atoms with E-state index in [4.69, 9.17) is 5.21 Å². The largest absolute Gasteiger partial charge is 0.290 e. The topological polar surface area (TPSA) is 70.4 Å². The lowest BCUT2D eigenvalue weighted by atomic mass is 10.0. The molecule has 0 bridgehead atoms. The maximum atomic E-state index is 8.89. The number of fused-ring (bicyclic) bond motifs is 3. The number of hydrogen-bond donors (Lipinski definition) is 2. The smallest absolute Gasteiger partial charge is 0.161 e. The molecule has 0 fully saturated rings. The van der Waals surface area contributed by atoms with E-state index in [1.165, 1.54) is 11.9 Å². The highest BCUT2D eigenvalue weighted by atomic mass is 16.5. The van der Waals surface area contributed by atoms with Crippen molar-refractivity contribution in [2.45, 2.75) is 26.2 Å². The van der Waals surface area contributed by atoms with Crippen LogP contribution in [-0.4, -0.2) is 21.0 Å². The van der Waals surface area contributed by atoms with Crippen LogP contribution in [0.4, 0.5) is 5.82 Å². The summed E-state index contributed by atoms with van der Waals surface area (Å²) >= 11 is 0. The number of hydrogen-bond acceptors (Lipinski definition) is 4. The fourth-order valence-corrected chi connectivity index (χ4v) is 2.57. The van der Waals surface area contributed by atoms with E-state index < -0.39 is 0 Å². The summed E-state index contributed by atoms with van der Waals surface area (Å²) in [6, 6.07) is 8.33. The van der Waals surface area contributed by atoms with E-state index >= 15 is 0 Å². The van der Waals surface area contributed by atoms with Gasteiger partial charge in [0, 0.05) is 11.1 Å². The van der Waals surface area contributed by atoms with Crippen molar-refractivity contribution in [1.29, 1.82) is 0 Å². The van der Waals surface area contributed by atoms with Gasteiger partial charge in [0.15, 0.2) is 5.82 Å². The Labute approximate surface area is 117 Å². The molecular weight excluding hydrogens is 252 g/mol. The molecule has 1 aliphatic rings. The fraction of sp³-hybridized carbons (Fsp3) is 0.267. The third kappa shape index (κ3) is 2.28. The zero-order valence-electron chi connectivity index (χ0n) is 11.3. The van der Waals surface area contributed by atoms with E-state index in [0.29, 0.717) is 11.7 Å². The summed E-state index contributed by atoms with van der Waals surface area (Å²) in [6.07, 6.45) is 4.51. The van der Waals surface area contributed by atoms with Gasteiger partial charge in [0.05, 0.1) is 5.69 Å². The highest BCUT2D eigenvalue weighted by molar-refractivity contribution is 5.82. The standard InChI is InChI=1S/C15H16N4O/c1-10(19-20)18-15-13-8-4-6-11-5-2-3-7-12(11)14(13)16-9-17-15/h2-3,5,7,9,20H,4,6,8H2,1H3,(H,16,17,18,19). The second kappa shape index (κ2) is 5.38. The van der Waals surface area contributed by atoms with Crippen LogP contribution in [0.5, 0.6) is 0 Å². The number of hydroxylamine groups is 1. The number of aliphatic imine (C=N–C) groups is 1. The van der Waals surface area contributed by atoms with Crippen molar-refractivity contribution in [2.24, 2.45) is 4.99 Å². The maximum Gasteiger partial charge on any atom is 0.161 e. The van der Waals surface area contributed by atoms with Gasteiger partial charge in [0.2, 0.25) is 0 Å². The lowest BCUT2D eigenvalue weighted by Crippen LogP contribution is -2.14. The van der Waals surface area contributed by atoms with E-state index in [2.05, 4.69) is 33.2 Å². The van der Waals surface area contributed by atoms with Crippen LogP contribution in [0.15, 0.2) is 35.6 Å². The number of aryl methyl sites for hydroxylation is 1. The molecule has 0 aliphatic heterocycles. The van der Waals surface area contributed by atoms with Crippen LogP contribution in [0.2, 0.25) is 0 Å². The van der Waals surface area contributed by atoms with Crippen molar-refractivity contribution in [3.8, 4) is 11.3 Å². The van der Waals surface area contributed by atoms with Gasteiger partial charge in [0.25, 0.3) is 0 Å². The third-order valence-electron chi connectivity index (χ3n) is 3.50. The molecule has 2 aromatic rings. The van der Waals surface area contributed by atoms with E-state index in [0.717, 1.165) is 36.1 Å². The Bertz CT molecular complexity index is 667. The van der Waals surface area contributed by atoms with Gasteiger partial charge in [-0.05, 0) is 31.7 Å². The number of nitrogens with one attached hydrogen (secondary N) is 1. The molecular formula is C15H16N4O. The highest BCUT2D eigenvalue weighted by Gasteiger charge is 2.18. The molecule has 2 N–H and O–H groups in total. The Hall–Kier alpha value is -2.27. The van der Waals surface area contributed by atoms with Gasteiger partial charge < -0.3 is 0 Å². The quantitative estimate of drug-likeness (QED) is 0.474. The van der Waals surface area contributed by atoms with Crippen molar-refractivity contribution >= 4 is 11.7 Å². The number of amidine groups is 1. The van der Waals surface area contributed by atoms with Crippen molar-refractivity contribution in [1.82, 2.24) is 15.4 Å². The molecule has 0 radical (unpaired) electrons. The molecule has 1 heterocycles. The molecule has 1 aromatic heterocycles.